The lowest BCUT2D eigenvalue weighted by atomic mass is 9.80. The van der Waals surface area contributed by atoms with Gasteiger partial charge in [0.25, 0.3) is 0 Å². The third kappa shape index (κ3) is 1.03. The van der Waals surface area contributed by atoms with Crippen LogP contribution in [-0.2, 0) is 0 Å². The first-order chi connectivity index (χ1) is 4.04. The van der Waals surface area contributed by atoms with Crippen LogP contribution in [0, 0.1) is 11.3 Å². The molecule has 0 radical (unpaired) electrons. The topological polar surface area (TPSA) is 0 Å². The van der Waals surface area contributed by atoms with E-state index in [0.717, 1.165) is 5.92 Å². The summed E-state index contributed by atoms with van der Waals surface area (Å²) in [6, 6.07) is 0. The van der Waals surface area contributed by atoms with Crippen LogP contribution in [0.3, 0.4) is 0 Å². The summed E-state index contributed by atoms with van der Waals surface area (Å²) in [7, 11) is 0. The molecular weight excluding hydrogens is 108 g/mol. The smallest absolute Gasteiger partial charge is 0.0180 e. The lowest BCUT2D eigenvalue weighted by Crippen LogP contribution is -2.15. The van der Waals surface area contributed by atoms with Gasteiger partial charge in [0.05, 0.1) is 0 Å². The maximum Gasteiger partial charge on any atom is -0.0180 e. The van der Waals surface area contributed by atoms with Crippen LogP contribution in [0.5, 0.6) is 0 Å². The molecule has 1 rings (SSSR count). The van der Waals surface area contributed by atoms with Gasteiger partial charge in [-0.25, -0.2) is 0 Å². The summed E-state index contributed by atoms with van der Waals surface area (Å²) in [5.41, 5.74) is 2.10. The van der Waals surface area contributed by atoms with Gasteiger partial charge in [-0.1, -0.05) is 32.4 Å². The molecule has 1 aliphatic rings. The highest BCUT2D eigenvalue weighted by Gasteiger charge is 2.30. The zero-order chi connectivity index (χ0) is 7.07. The van der Waals surface area contributed by atoms with Crippen molar-refractivity contribution in [2.24, 2.45) is 11.3 Å². The van der Waals surface area contributed by atoms with Crippen LogP contribution in [0.25, 0.3) is 0 Å². The average Bonchev–Trinajstić information content (AvgIpc) is 1.97. The molecule has 0 fully saturated rings. The molecule has 0 saturated carbocycles. The molecule has 9 heavy (non-hydrogen) atoms. The summed E-state index contributed by atoms with van der Waals surface area (Å²) in [6.07, 6.45) is 3.63. The van der Waals surface area contributed by atoms with E-state index in [1.54, 1.807) is 5.57 Å². The van der Waals surface area contributed by atoms with Gasteiger partial charge in [0.1, 0.15) is 0 Å². The van der Waals surface area contributed by atoms with Crippen LogP contribution in [0.1, 0.15) is 34.1 Å². The predicted molar refractivity (Wildman–Crippen MR) is 41.3 cm³/mol. The molecule has 0 aromatic carbocycles. The summed E-state index contributed by atoms with van der Waals surface area (Å²) in [6.45, 7) is 9.23. The average molecular weight is 124 g/mol. The van der Waals surface area contributed by atoms with E-state index in [0.29, 0.717) is 5.41 Å². The van der Waals surface area contributed by atoms with Gasteiger partial charge < -0.3 is 0 Å². The summed E-state index contributed by atoms with van der Waals surface area (Å²) in [5, 5.41) is 0. The van der Waals surface area contributed by atoms with Crippen molar-refractivity contribution < 1.29 is 0 Å². The Bertz CT molecular complexity index is 140. The van der Waals surface area contributed by atoms with E-state index < -0.39 is 0 Å². The lowest BCUT2D eigenvalue weighted by molar-refractivity contribution is 0.295. The third-order valence-electron chi connectivity index (χ3n) is 2.81. The molecule has 52 valence electrons. The van der Waals surface area contributed by atoms with E-state index in [1.165, 1.54) is 6.42 Å². The highest BCUT2D eigenvalue weighted by molar-refractivity contribution is 5.14. The largest absolute Gasteiger partial charge is 0.0848 e. The molecule has 0 heterocycles. The van der Waals surface area contributed by atoms with Gasteiger partial charge in [0, 0.05) is 0 Å². The first-order valence-corrected chi connectivity index (χ1v) is 3.71. The van der Waals surface area contributed by atoms with E-state index in [9.17, 15) is 0 Å². The molecule has 0 saturated heterocycles. The molecule has 0 amide bonds. The highest BCUT2D eigenvalue weighted by atomic mass is 14.3. The normalized spacial score (nSPS) is 32.4. The molecule has 0 unspecified atom stereocenters. The molecule has 0 nitrogen and oxygen atoms in total. The van der Waals surface area contributed by atoms with E-state index in [-0.39, 0.29) is 0 Å². The predicted octanol–water partition coefficient (Wildman–Crippen LogP) is 3.00. The second-order valence-corrected chi connectivity index (χ2v) is 3.86. The zero-order valence-corrected chi connectivity index (χ0v) is 6.86. The van der Waals surface area contributed by atoms with Crippen molar-refractivity contribution in [1.29, 1.82) is 0 Å². The van der Waals surface area contributed by atoms with E-state index in [2.05, 4.69) is 33.8 Å². The van der Waals surface area contributed by atoms with Crippen molar-refractivity contribution in [3.05, 3.63) is 11.6 Å². The van der Waals surface area contributed by atoms with E-state index in [4.69, 9.17) is 0 Å². The third-order valence-corrected chi connectivity index (χ3v) is 2.81. The lowest BCUT2D eigenvalue weighted by Gasteiger charge is -2.24. The Morgan fingerprint density at radius 2 is 2.11 bits per heavy atom. The van der Waals surface area contributed by atoms with E-state index in [1.807, 2.05) is 0 Å². The maximum absolute atomic E-state index is 2.37. The SMILES string of the molecule is CC1=CCC(C)(C)[C@@H]1C. The van der Waals surface area contributed by atoms with Crippen LogP contribution >= 0.6 is 0 Å². The molecule has 0 aromatic rings. The fourth-order valence-corrected chi connectivity index (χ4v) is 1.39. The molecule has 0 aliphatic heterocycles. The second kappa shape index (κ2) is 1.86. The van der Waals surface area contributed by atoms with Gasteiger partial charge in [-0.2, -0.15) is 0 Å². The first kappa shape index (κ1) is 6.85. The zero-order valence-electron chi connectivity index (χ0n) is 6.86. The van der Waals surface area contributed by atoms with Crippen molar-refractivity contribution in [2.75, 3.05) is 0 Å². The van der Waals surface area contributed by atoms with Crippen molar-refractivity contribution >= 4 is 0 Å². The van der Waals surface area contributed by atoms with E-state index >= 15 is 0 Å². The van der Waals surface area contributed by atoms with Crippen molar-refractivity contribution in [1.82, 2.24) is 0 Å². The number of hydrogen-bond acceptors (Lipinski definition) is 0. The minimum atomic E-state index is 0.532. The van der Waals surface area contributed by atoms with Gasteiger partial charge in [0.2, 0.25) is 0 Å². The summed E-state index contributed by atoms with van der Waals surface area (Å²) >= 11 is 0. The monoisotopic (exact) mass is 124 g/mol. The molecule has 0 spiro atoms. The van der Waals surface area contributed by atoms with Crippen LogP contribution in [-0.4, -0.2) is 0 Å². The summed E-state index contributed by atoms with van der Waals surface area (Å²) in [4.78, 5) is 0. The highest BCUT2D eigenvalue weighted by Crippen LogP contribution is 2.41. The molecule has 1 aliphatic carbocycles. The van der Waals surface area contributed by atoms with Gasteiger partial charge in [-0.15, -0.1) is 0 Å². The van der Waals surface area contributed by atoms with Crippen LogP contribution in [0.15, 0.2) is 11.6 Å². The number of hydrogen-bond donors (Lipinski definition) is 0. The Balaban J connectivity index is 2.73. The Morgan fingerprint density at radius 1 is 1.56 bits per heavy atom. The second-order valence-electron chi connectivity index (χ2n) is 3.86. The van der Waals surface area contributed by atoms with Crippen molar-refractivity contribution in [2.45, 2.75) is 34.1 Å². The number of allylic oxidation sites excluding steroid dienone is 2. The molecule has 1 atom stereocenters. The Labute approximate surface area is 58.0 Å². The fraction of sp³-hybridized carbons (Fsp3) is 0.778. The summed E-state index contributed by atoms with van der Waals surface area (Å²) < 4.78 is 0. The standard InChI is InChI=1S/C9H16/c1-7-5-6-9(3,4)8(7)2/h5,8H,6H2,1-4H3/t8-/m1/s1. The minimum Gasteiger partial charge on any atom is -0.0848 e. The van der Waals surface area contributed by atoms with Gasteiger partial charge >= 0.3 is 0 Å². The minimum absolute atomic E-state index is 0.532. The quantitative estimate of drug-likeness (QED) is 0.435. The first-order valence-electron chi connectivity index (χ1n) is 3.71. The Hall–Kier alpha value is -0.260. The fourth-order valence-electron chi connectivity index (χ4n) is 1.39. The molecule has 0 bridgehead atoms. The van der Waals surface area contributed by atoms with Crippen LogP contribution < -0.4 is 0 Å². The van der Waals surface area contributed by atoms with Gasteiger partial charge in [-0.05, 0) is 24.7 Å². The maximum atomic E-state index is 2.37. The molecule has 0 aromatic heterocycles. The number of rotatable bonds is 0. The Morgan fingerprint density at radius 3 is 2.22 bits per heavy atom. The van der Waals surface area contributed by atoms with Gasteiger partial charge in [-0.3, -0.25) is 0 Å². The molecule has 0 N–H and O–H groups in total. The molecule has 0 heteroatoms. The summed E-state index contributed by atoms with van der Waals surface area (Å²) in [5.74, 6) is 0.789. The van der Waals surface area contributed by atoms with Crippen molar-refractivity contribution in [3.8, 4) is 0 Å². The van der Waals surface area contributed by atoms with Crippen molar-refractivity contribution in [3.63, 3.8) is 0 Å². The Kier molecular flexibility index (Phi) is 1.42. The van der Waals surface area contributed by atoms with Crippen LogP contribution in [0.4, 0.5) is 0 Å². The molecular formula is C9H16. The van der Waals surface area contributed by atoms with Crippen LogP contribution in [0.2, 0.25) is 0 Å². The van der Waals surface area contributed by atoms with Gasteiger partial charge in [0.15, 0.2) is 0 Å².